The number of carbonyl (C=O) groups excluding carboxylic acids is 1. The molecule has 0 saturated carbocycles. The maximum absolute atomic E-state index is 13.2. The monoisotopic (exact) mass is 792 g/mol. The number of carbonyl (C=O) groups is 1. The molecule has 56 heavy (non-hydrogen) atoms. The number of likely N-dealkylation sites (tertiary alicyclic amines) is 2. The van der Waals surface area contributed by atoms with Gasteiger partial charge in [0.25, 0.3) is 5.56 Å². The zero-order valence-corrected chi connectivity index (χ0v) is 35.0. The Morgan fingerprint density at radius 3 is 2.36 bits per heavy atom. The highest BCUT2D eigenvalue weighted by Gasteiger charge is 2.42. The van der Waals surface area contributed by atoms with Gasteiger partial charge in [-0.25, -0.2) is 9.78 Å². The summed E-state index contributed by atoms with van der Waals surface area (Å²) in [5.41, 5.74) is 8.52. The summed E-state index contributed by atoms with van der Waals surface area (Å²) in [5.74, 6) is 1.89. The summed E-state index contributed by atoms with van der Waals surface area (Å²) >= 11 is 8.17. The van der Waals surface area contributed by atoms with Gasteiger partial charge in [0.05, 0.1) is 49.2 Å². The summed E-state index contributed by atoms with van der Waals surface area (Å²) in [5, 5.41) is 4.12. The first-order valence-electron chi connectivity index (χ1n) is 20.1. The van der Waals surface area contributed by atoms with E-state index in [9.17, 15) is 9.59 Å². The lowest BCUT2D eigenvalue weighted by Gasteiger charge is -2.39. The molecule has 3 aromatic carbocycles. The highest BCUT2D eigenvalue weighted by atomic mass is 35.5. The van der Waals surface area contributed by atoms with Gasteiger partial charge in [0.15, 0.2) is 0 Å². The van der Waals surface area contributed by atoms with Crippen LogP contribution in [0.5, 0.6) is 0 Å². The molecule has 0 radical (unpaired) electrons. The number of nitrogens with one attached hydrogen (secondary N) is 1. The van der Waals surface area contributed by atoms with Crippen LogP contribution in [0.2, 0.25) is 5.02 Å². The topological polar surface area (TPSA) is 92.6 Å². The third-order valence-electron chi connectivity index (χ3n) is 12.1. The predicted molar refractivity (Wildman–Crippen MR) is 226 cm³/mol. The molecule has 5 heterocycles. The molecule has 1 atom stereocenters. The number of piperidine rings is 2. The van der Waals surface area contributed by atoms with Gasteiger partial charge in [0.2, 0.25) is 0 Å². The standard InChI is InChI=1S/C45H53ClN6O3S/c1-28-40(56-27-47-28)32-15-13-31(14-16-32)35(48-43(54)55-44(2,3)4)26-51-21-17-29(18-22-51)25-50-23-19-30(20-24-50)33-9-7-12-37-39(33)45(5,6)42-49-41(53)38-34(46)10-8-11-36(38)52(37)42/h7-16,27,29-30,35H,17-26H2,1-6H3,(H,48,54)/t35-/m0/s1. The van der Waals surface area contributed by atoms with Crippen LogP contribution >= 0.6 is 22.9 Å². The van der Waals surface area contributed by atoms with Crippen molar-refractivity contribution in [3.8, 4) is 16.1 Å². The van der Waals surface area contributed by atoms with Gasteiger partial charge in [-0.3, -0.25) is 9.36 Å². The minimum Gasteiger partial charge on any atom is -0.444 e. The van der Waals surface area contributed by atoms with Gasteiger partial charge < -0.3 is 19.9 Å². The lowest BCUT2D eigenvalue weighted by Crippen LogP contribution is -2.45. The Labute approximate surface area is 339 Å². The Morgan fingerprint density at radius 2 is 1.68 bits per heavy atom. The van der Waals surface area contributed by atoms with Gasteiger partial charge in [-0.05, 0) is 146 Å². The van der Waals surface area contributed by atoms with Crippen LogP contribution in [0.3, 0.4) is 0 Å². The van der Waals surface area contributed by atoms with E-state index in [-0.39, 0.29) is 17.7 Å². The van der Waals surface area contributed by atoms with Crippen molar-refractivity contribution in [2.75, 3.05) is 39.3 Å². The van der Waals surface area contributed by atoms with Crippen LogP contribution in [0, 0.1) is 12.8 Å². The Morgan fingerprint density at radius 1 is 0.982 bits per heavy atom. The Balaban J connectivity index is 0.894. The molecule has 1 amide bonds. The van der Waals surface area contributed by atoms with E-state index in [1.54, 1.807) is 17.4 Å². The van der Waals surface area contributed by atoms with E-state index in [0.717, 1.165) is 98.8 Å². The third kappa shape index (κ3) is 7.65. The first kappa shape index (κ1) is 38.8. The molecule has 2 fully saturated rings. The quantitative estimate of drug-likeness (QED) is 0.168. The first-order valence-corrected chi connectivity index (χ1v) is 21.3. The molecule has 0 bridgehead atoms. The molecule has 0 aliphatic carbocycles. The summed E-state index contributed by atoms with van der Waals surface area (Å²) in [6.07, 6.45) is 4.12. The highest BCUT2D eigenvalue weighted by Crippen LogP contribution is 2.48. The Bertz CT molecular complexity index is 2300. The van der Waals surface area contributed by atoms with Crippen molar-refractivity contribution < 1.29 is 9.53 Å². The molecule has 8 rings (SSSR count). The molecule has 294 valence electrons. The lowest BCUT2D eigenvalue weighted by atomic mass is 9.76. The summed E-state index contributed by atoms with van der Waals surface area (Å²) in [6.45, 7) is 18.2. The van der Waals surface area contributed by atoms with Crippen LogP contribution in [-0.2, 0) is 10.2 Å². The molecular weight excluding hydrogens is 740 g/mol. The van der Waals surface area contributed by atoms with E-state index in [1.165, 1.54) is 16.0 Å². The number of rotatable bonds is 8. The number of fused-ring (bicyclic) bond motifs is 5. The Hall–Kier alpha value is -4.09. The number of halogens is 1. The highest BCUT2D eigenvalue weighted by molar-refractivity contribution is 7.13. The van der Waals surface area contributed by atoms with E-state index in [2.05, 4.69) is 86.0 Å². The summed E-state index contributed by atoms with van der Waals surface area (Å²) in [4.78, 5) is 41.6. The largest absolute Gasteiger partial charge is 0.444 e. The van der Waals surface area contributed by atoms with Gasteiger partial charge in [-0.15, -0.1) is 11.3 Å². The summed E-state index contributed by atoms with van der Waals surface area (Å²) < 4.78 is 7.85. The predicted octanol–water partition coefficient (Wildman–Crippen LogP) is 9.27. The maximum atomic E-state index is 13.2. The third-order valence-corrected chi connectivity index (χ3v) is 13.4. The minimum absolute atomic E-state index is 0.178. The fourth-order valence-electron chi connectivity index (χ4n) is 9.30. The number of amides is 1. The number of hydrogen-bond donors (Lipinski definition) is 1. The zero-order valence-electron chi connectivity index (χ0n) is 33.4. The van der Waals surface area contributed by atoms with Gasteiger partial charge in [0, 0.05) is 13.1 Å². The molecule has 1 N–H and O–H groups in total. The van der Waals surface area contributed by atoms with Crippen LogP contribution in [-0.4, -0.2) is 75.3 Å². The number of alkyl carbamates (subject to hydrolysis) is 1. The number of hydrogen-bond acceptors (Lipinski definition) is 8. The van der Waals surface area contributed by atoms with E-state index >= 15 is 0 Å². The van der Waals surface area contributed by atoms with Crippen molar-refractivity contribution in [2.45, 2.75) is 90.2 Å². The second-order valence-electron chi connectivity index (χ2n) is 17.5. The number of thiazole rings is 1. The van der Waals surface area contributed by atoms with Crippen molar-refractivity contribution in [3.05, 3.63) is 110 Å². The van der Waals surface area contributed by atoms with E-state index in [1.807, 2.05) is 45.3 Å². The van der Waals surface area contributed by atoms with Crippen molar-refractivity contribution >= 4 is 39.9 Å². The second kappa shape index (κ2) is 15.3. The van der Waals surface area contributed by atoms with Crippen LogP contribution in [0.4, 0.5) is 4.79 Å². The van der Waals surface area contributed by atoms with Crippen LogP contribution in [0.25, 0.3) is 27.0 Å². The molecule has 0 unspecified atom stereocenters. The fraction of sp³-hybridized carbons (Fsp3) is 0.467. The van der Waals surface area contributed by atoms with Crippen molar-refractivity contribution in [2.24, 2.45) is 5.92 Å². The number of aryl methyl sites for hydroxylation is 1. The van der Waals surface area contributed by atoms with Crippen LogP contribution < -0.4 is 10.9 Å². The first-order chi connectivity index (χ1) is 26.8. The molecule has 5 aromatic rings. The van der Waals surface area contributed by atoms with E-state index in [0.29, 0.717) is 22.2 Å². The fourth-order valence-corrected chi connectivity index (χ4v) is 10.4. The molecule has 9 nitrogen and oxygen atoms in total. The average Bonchev–Trinajstić information content (AvgIpc) is 3.69. The summed E-state index contributed by atoms with van der Waals surface area (Å²) in [6, 6.07) is 20.7. The van der Waals surface area contributed by atoms with Crippen LogP contribution in [0.1, 0.15) is 100 Å². The van der Waals surface area contributed by atoms with E-state index in [4.69, 9.17) is 16.3 Å². The SMILES string of the molecule is Cc1ncsc1-c1ccc([C@H](CN2CCC(CN3CCC(c4cccc5c4C(C)(C)c4nc(=O)c6c(Cl)cccc6n4-5)CC3)CC2)NC(=O)OC(C)(C)C)cc1. The molecule has 2 aromatic heterocycles. The zero-order chi connectivity index (χ0) is 39.4. The van der Waals surface area contributed by atoms with Crippen LogP contribution in [0.15, 0.2) is 71.0 Å². The molecule has 11 heteroatoms. The molecule has 2 saturated heterocycles. The van der Waals surface area contributed by atoms with Crippen molar-refractivity contribution in [1.82, 2.24) is 29.7 Å². The maximum Gasteiger partial charge on any atom is 0.408 e. The van der Waals surface area contributed by atoms with Gasteiger partial charge in [-0.2, -0.15) is 4.98 Å². The summed E-state index contributed by atoms with van der Waals surface area (Å²) in [7, 11) is 0. The lowest BCUT2D eigenvalue weighted by molar-refractivity contribution is 0.0481. The normalized spacial score (nSPS) is 18.5. The minimum atomic E-state index is -0.567. The Kier molecular flexibility index (Phi) is 10.6. The van der Waals surface area contributed by atoms with Crippen molar-refractivity contribution in [3.63, 3.8) is 0 Å². The smallest absolute Gasteiger partial charge is 0.408 e. The number of aromatic nitrogens is 3. The van der Waals surface area contributed by atoms with Gasteiger partial charge in [-0.1, -0.05) is 54.1 Å². The number of nitrogens with zero attached hydrogens (tertiary/aromatic N) is 5. The van der Waals surface area contributed by atoms with Crippen molar-refractivity contribution in [1.29, 1.82) is 0 Å². The van der Waals surface area contributed by atoms with Gasteiger partial charge in [0.1, 0.15) is 11.4 Å². The van der Waals surface area contributed by atoms with E-state index < -0.39 is 11.0 Å². The molecule has 3 aliphatic rings. The number of benzene rings is 3. The molecule has 3 aliphatic heterocycles. The molecule has 0 spiro atoms. The number of ether oxygens (including phenoxy) is 1. The average molecular weight is 793 g/mol. The van der Waals surface area contributed by atoms with Gasteiger partial charge >= 0.3 is 6.09 Å². The molecular formula is C45H53ClN6O3S. The second-order valence-corrected chi connectivity index (χ2v) is 18.7.